The van der Waals surface area contributed by atoms with Gasteiger partial charge in [-0.05, 0) is 37.8 Å². The lowest BCUT2D eigenvalue weighted by molar-refractivity contribution is -0.119. The maximum absolute atomic E-state index is 12.8. The third kappa shape index (κ3) is 5.09. The van der Waals surface area contributed by atoms with Crippen molar-refractivity contribution in [3.05, 3.63) is 26.4 Å². The van der Waals surface area contributed by atoms with E-state index in [4.69, 9.17) is 5.73 Å². The highest BCUT2D eigenvalue weighted by molar-refractivity contribution is 6.01. The zero-order valence-corrected chi connectivity index (χ0v) is 17.2. The fourth-order valence-electron chi connectivity index (χ4n) is 3.51. The summed E-state index contributed by atoms with van der Waals surface area (Å²) in [5.74, 6) is 0.0768. The van der Waals surface area contributed by atoms with Crippen LogP contribution in [0.1, 0.15) is 44.0 Å². The molecule has 1 fully saturated rings. The summed E-state index contributed by atoms with van der Waals surface area (Å²) in [5, 5.41) is 2.83. The van der Waals surface area contributed by atoms with Crippen molar-refractivity contribution >= 4 is 17.5 Å². The van der Waals surface area contributed by atoms with Gasteiger partial charge in [0.15, 0.2) is 5.78 Å². The van der Waals surface area contributed by atoms with Gasteiger partial charge < -0.3 is 11.1 Å². The van der Waals surface area contributed by atoms with Crippen LogP contribution in [0.4, 0.5) is 5.82 Å². The highest BCUT2D eigenvalue weighted by Crippen LogP contribution is 2.17. The van der Waals surface area contributed by atoms with Crippen LogP contribution in [0.25, 0.3) is 0 Å². The van der Waals surface area contributed by atoms with Gasteiger partial charge in [0.05, 0.1) is 6.54 Å². The second-order valence-electron chi connectivity index (χ2n) is 7.99. The number of amides is 1. The van der Waals surface area contributed by atoms with E-state index in [2.05, 4.69) is 5.32 Å². The van der Waals surface area contributed by atoms with Gasteiger partial charge in [0.1, 0.15) is 11.4 Å². The monoisotopic (exact) mass is 393 g/mol. The summed E-state index contributed by atoms with van der Waals surface area (Å²) >= 11 is 0. The smallest absolute Gasteiger partial charge is 0.332 e. The van der Waals surface area contributed by atoms with E-state index in [1.54, 1.807) is 0 Å². The van der Waals surface area contributed by atoms with E-state index in [0.29, 0.717) is 32.1 Å². The van der Waals surface area contributed by atoms with Gasteiger partial charge in [-0.3, -0.25) is 28.4 Å². The number of nitrogens with zero attached hydrogens (tertiary/aromatic N) is 3. The molecule has 1 saturated heterocycles. The third-order valence-corrected chi connectivity index (χ3v) is 5.12. The van der Waals surface area contributed by atoms with Crippen molar-refractivity contribution in [2.45, 2.75) is 40.2 Å². The normalized spacial score (nSPS) is 15.8. The Hall–Kier alpha value is -2.42. The van der Waals surface area contributed by atoms with E-state index in [0.717, 1.165) is 17.4 Å². The third-order valence-electron chi connectivity index (χ3n) is 5.12. The number of nitrogen functional groups attached to an aromatic ring is 1. The van der Waals surface area contributed by atoms with Crippen LogP contribution in [0.15, 0.2) is 9.59 Å². The lowest BCUT2D eigenvalue weighted by atomic mass is 9.96. The van der Waals surface area contributed by atoms with E-state index < -0.39 is 11.2 Å². The molecule has 0 spiro atoms. The number of ketones is 1. The molecule has 3 N–H and O–H groups in total. The summed E-state index contributed by atoms with van der Waals surface area (Å²) in [6.07, 6.45) is 1.74. The Kier molecular flexibility index (Phi) is 7.17. The highest BCUT2D eigenvalue weighted by Gasteiger charge is 2.26. The Morgan fingerprint density at radius 2 is 1.82 bits per heavy atom. The fraction of sp³-hybridized carbons (Fsp3) is 0.684. The van der Waals surface area contributed by atoms with Crippen LogP contribution >= 0.6 is 0 Å². The first kappa shape index (κ1) is 21.9. The molecule has 0 aromatic carbocycles. The molecule has 28 heavy (non-hydrogen) atoms. The van der Waals surface area contributed by atoms with Gasteiger partial charge >= 0.3 is 5.69 Å². The predicted molar refractivity (Wildman–Crippen MR) is 107 cm³/mol. The Bertz CT molecular complexity index is 847. The average Bonchev–Trinajstić information content (AvgIpc) is 2.63. The molecule has 0 atom stereocenters. The van der Waals surface area contributed by atoms with Crippen LogP contribution in [-0.2, 0) is 18.4 Å². The molecular formula is C19H31N5O4. The highest BCUT2D eigenvalue weighted by atomic mass is 16.2. The second-order valence-corrected chi connectivity index (χ2v) is 7.99. The fourth-order valence-corrected chi connectivity index (χ4v) is 3.51. The summed E-state index contributed by atoms with van der Waals surface area (Å²) < 4.78 is 2.25. The molecular weight excluding hydrogens is 362 g/mol. The molecule has 9 heteroatoms. The van der Waals surface area contributed by atoms with E-state index in [1.165, 1.54) is 18.5 Å². The van der Waals surface area contributed by atoms with Crippen molar-refractivity contribution in [3.63, 3.8) is 0 Å². The molecule has 1 aromatic heterocycles. The summed E-state index contributed by atoms with van der Waals surface area (Å²) in [6.45, 7) is 7.86. The van der Waals surface area contributed by atoms with Gasteiger partial charge in [-0.2, -0.15) is 0 Å². The maximum atomic E-state index is 12.8. The van der Waals surface area contributed by atoms with Crippen molar-refractivity contribution in [3.8, 4) is 0 Å². The summed E-state index contributed by atoms with van der Waals surface area (Å²) in [7, 11) is 1.37. The molecule has 0 saturated carbocycles. The Balaban J connectivity index is 2.13. The van der Waals surface area contributed by atoms with Crippen molar-refractivity contribution in [2.24, 2.45) is 18.9 Å². The minimum Gasteiger partial charge on any atom is -0.384 e. The molecule has 1 amide bonds. The molecule has 2 heterocycles. The summed E-state index contributed by atoms with van der Waals surface area (Å²) in [4.78, 5) is 50.7. The van der Waals surface area contributed by atoms with E-state index in [-0.39, 0.29) is 35.5 Å². The molecule has 2 rings (SSSR count). The molecule has 156 valence electrons. The van der Waals surface area contributed by atoms with Gasteiger partial charge in [0, 0.05) is 27.1 Å². The van der Waals surface area contributed by atoms with Gasteiger partial charge in [-0.1, -0.05) is 13.8 Å². The van der Waals surface area contributed by atoms with Crippen molar-refractivity contribution < 1.29 is 9.59 Å². The number of anilines is 1. The Morgan fingerprint density at radius 3 is 2.36 bits per heavy atom. The van der Waals surface area contributed by atoms with Crippen LogP contribution in [0.5, 0.6) is 0 Å². The van der Waals surface area contributed by atoms with Gasteiger partial charge in [-0.15, -0.1) is 0 Å². The summed E-state index contributed by atoms with van der Waals surface area (Å²) in [5.41, 5.74) is 4.81. The van der Waals surface area contributed by atoms with Crippen molar-refractivity contribution in [1.29, 1.82) is 0 Å². The number of nitrogens with one attached hydrogen (secondary N) is 1. The van der Waals surface area contributed by atoms with Crippen LogP contribution in [0.2, 0.25) is 0 Å². The van der Waals surface area contributed by atoms with Gasteiger partial charge in [-0.25, -0.2) is 4.79 Å². The summed E-state index contributed by atoms with van der Waals surface area (Å²) in [6, 6.07) is 0. The maximum Gasteiger partial charge on any atom is 0.332 e. The van der Waals surface area contributed by atoms with Crippen LogP contribution in [0.3, 0.4) is 0 Å². The number of aromatic nitrogens is 2. The standard InChI is InChI=1S/C19H31N5O4/c1-12(2)10-24-17(20)16(18(27)22(4)19(24)28)15(26)11-23-7-5-14(6-8-23)9-21-13(3)25/h12,14H,5-11,20H2,1-4H3,(H,21,25). The molecule has 0 bridgehead atoms. The van der Waals surface area contributed by atoms with Crippen LogP contribution in [-0.4, -0.2) is 51.9 Å². The van der Waals surface area contributed by atoms with Crippen molar-refractivity contribution in [2.75, 3.05) is 31.9 Å². The second kappa shape index (κ2) is 9.18. The minimum atomic E-state index is -0.645. The van der Waals surface area contributed by atoms with Crippen molar-refractivity contribution in [1.82, 2.24) is 19.4 Å². The first-order valence-corrected chi connectivity index (χ1v) is 9.71. The number of hydrogen-bond donors (Lipinski definition) is 2. The Morgan fingerprint density at radius 1 is 1.21 bits per heavy atom. The van der Waals surface area contributed by atoms with Crippen LogP contribution < -0.4 is 22.3 Å². The number of hydrogen-bond acceptors (Lipinski definition) is 6. The lowest BCUT2D eigenvalue weighted by Crippen LogP contribution is -2.45. The molecule has 0 aliphatic carbocycles. The zero-order chi connectivity index (χ0) is 21.0. The quantitative estimate of drug-likeness (QED) is 0.620. The van der Waals surface area contributed by atoms with Crippen LogP contribution in [0, 0.1) is 11.8 Å². The van der Waals surface area contributed by atoms with Gasteiger partial charge in [0.25, 0.3) is 5.56 Å². The number of carbonyl (C=O) groups excluding carboxylic acids is 2. The number of piperidine rings is 1. The number of carbonyl (C=O) groups is 2. The molecule has 0 unspecified atom stereocenters. The number of rotatable bonds is 7. The number of nitrogens with two attached hydrogens (primary N) is 1. The van der Waals surface area contributed by atoms with E-state index in [1.807, 2.05) is 18.7 Å². The SMILES string of the molecule is CC(=O)NCC1CCN(CC(=O)c2c(N)n(CC(C)C)c(=O)n(C)c2=O)CC1. The molecule has 1 aliphatic heterocycles. The molecule has 1 aliphatic rings. The first-order chi connectivity index (χ1) is 13.1. The minimum absolute atomic E-state index is 0.0413. The lowest BCUT2D eigenvalue weighted by Gasteiger charge is -2.31. The first-order valence-electron chi connectivity index (χ1n) is 9.71. The molecule has 0 radical (unpaired) electrons. The largest absolute Gasteiger partial charge is 0.384 e. The average molecular weight is 393 g/mol. The predicted octanol–water partition coefficient (Wildman–Crippen LogP) is -0.184. The topological polar surface area (TPSA) is 119 Å². The number of Topliss-reactive ketones (excluding diaryl/α,β-unsaturated/α-hetero) is 1. The molecule has 1 aromatic rings. The van der Waals surface area contributed by atoms with E-state index in [9.17, 15) is 19.2 Å². The van der Waals surface area contributed by atoms with Gasteiger partial charge in [0.2, 0.25) is 5.91 Å². The zero-order valence-electron chi connectivity index (χ0n) is 17.2. The Labute approximate surface area is 164 Å². The molecule has 9 nitrogen and oxygen atoms in total. The van der Waals surface area contributed by atoms with E-state index >= 15 is 0 Å². The number of likely N-dealkylation sites (tertiary alicyclic amines) is 1.